The molecule has 0 radical (unpaired) electrons. The van der Waals surface area contributed by atoms with Gasteiger partial charge in [-0.3, -0.25) is 9.78 Å². The van der Waals surface area contributed by atoms with Crippen LogP contribution in [0.3, 0.4) is 0 Å². The normalized spacial score (nSPS) is 10.8. The molecule has 0 fully saturated rings. The summed E-state index contributed by atoms with van der Waals surface area (Å²) in [5.41, 5.74) is 2.04. The van der Waals surface area contributed by atoms with Crippen molar-refractivity contribution in [3.63, 3.8) is 0 Å². The molecule has 86 valence electrons. The second-order valence-corrected chi connectivity index (χ2v) is 3.69. The Morgan fingerprint density at radius 1 is 1.50 bits per heavy atom. The number of carboxylic acids is 1. The maximum Gasteiger partial charge on any atom is 0.307 e. The molecule has 0 atom stereocenters. The summed E-state index contributed by atoms with van der Waals surface area (Å²) in [6, 6.07) is 3.96. The Balaban J connectivity index is 2.50. The van der Waals surface area contributed by atoms with Crippen molar-refractivity contribution in [2.24, 2.45) is 0 Å². The lowest BCUT2D eigenvalue weighted by Gasteiger charge is -1.99. The molecule has 0 unspecified atom stereocenters. The number of hydrogen-bond donors (Lipinski definition) is 1. The van der Waals surface area contributed by atoms with E-state index in [4.69, 9.17) is 5.11 Å². The fraction of sp³-hybridized carbons (Fsp3) is 0.385. The molecule has 3 nitrogen and oxygen atoms in total. The van der Waals surface area contributed by atoms with Gasteiger partial charge in [-0.1, -0.05) is 31.6 Å². The second kappa shape index (κ2) is 6.77. The molecular weight excluding hydrogens is 202 g/mol. The second-order valence-electron chi connectivity index (χ2n) is 3.69. The number of carbonyl (C=O) groups is 1. The third-order valence-electron chi connectivity index (χ3n) is 2.24. The summed E-state index contributed by atoms with van der Waals surface area (Å²) in [4.78, 5) is 14.6. The van der Waals surface area contributed by atoms with Gasteiger partial charge in [-0.25, -0.2) is 0 Å². The number of carboxylic acid groups (broad SMARTS) is 1. The van der Waals surface area contributed by atoms with Crippen molar-refractivity contribution < 1.29 is 9.90 Å². The smallest absolute Gasteiger partial charge is 0.307 e. The highest BCUT2D eigenvalue weighted by molar-refractivity contribution is 5.70. The number of aliphatic carboxylic acids is 1. The largest absolute Gasteiger partial charge is 0.481 e. The topological polar surface area (TPSA) is 50.2 Å². The van der Waals surface area contributed by atoms with E-state index >= 15 is 0 Å². The quantitative estimate of drug-likeness (QED) is 0.800. The Hall–Kier alpha value is -1.64. The minimum absolute atomic E-state index is 0.0532. The van der Waals surface area contributed by atoms with Crippen LogP contribution in [0.4, 0.5) is 0 Å². The summed E-state index contributed by atoms with van der Waals surface area (Å²) in [7, 11) is 0. The Kier molecular flexibility index (Phi) is 5.26. The number of aryl methyl sites for hydroxylation is 1. The molecule has 0 aromatic carbocycles. The van der Waals surface area contributed by atoms with Crippen LogP contribution in [0.25, 0.3) is 6.08 Å². The fourth-order valence-electron chi connectivity index (χ4n) is 1.34. The summed E-state index contributed by atoms with van der Waals surface area (Å²) in [6.07, 6.45) is 8.58. The van der Waals surface area contributed by atoms with Crippen LogP contribution >= 0.6 is 0 Å². The van der Waals surface area contributed by atoms with E-state index in [1.807, 2.05) is 12.1 Å². The van der Waals surface area contributed by atoms with E-state index in [9.17, 15) is 4.79 Å². The average molecular weight is 219 g/mol. The van der Waals surface area contributed by atoms with Crippen LogP contribution in [0.2, 0.25) is 0 Å². The maximum atomic E-state index is 10.3. The molecule has 0 aliphatic carbocycles. The molecular formula is C13H17NO2. The first-order valence-corrected chi connectivity index (χ1v) is 5.55. The van der Waals surface area contributed by atoms with Crippen LogP contribution in [0.15, 0.2) is 24.4 Å². The van der Waals surface area contributed by atoms with Crippen LogP contribution in [-0.4, -0.2) is 16.1 Å². The van der Waals surface area contributed by atoms with Gasteiger partial charge in [0, 0.05) is 11.9 Å². The summed E-state index contributed by atoms with van der Waals surface area (Å²) in [5.74, 6) is -0.816. The van der Waals surface area contributed by atoms with Crippen LogP contribution < -0.4 is 0 Å². The Bertz CT molecular complexity index is 355. The van der Waals surface area contributed by atoms with Crippen LogP contribution in [0, 0.1) is 0 Å². The van der Waals surface area contributed by atoms with Gasteiger partial charge in [0.15, 0.2) is 0 Å². The summed E-state index contributed by atoms with van der Waals surface area (Å²) in [6.45, 7) is 2.16. The van der Waals surface area contributed by atoms with Crippen LogP contribution in [0.5, 0.6) is 0 Å². The van der Waals surface area contributed by atoms with E-state index in [2.05, 4.69) is 11.9 Å². The lowest BCUT2D eigenvalue weighted by Crippen LogP contribution is -1.91. The Labute approximate surface area is 95.8 Å². The van der Waals surface area contributed by atoms with E-state index in [0.29, 0.717) is 0 Å². The first kappa shape index (κ1) is 12.4. The Morgan fingerprint density at radius 3 is 2.88 bits per heavy atom. The van der Waals surface area contributed by atoms with Gasteiger partial charge in [-0.05, 0) is 24.5 Å². The number of hydrogen-bond acceptors (Lipinski definition) is 2. The molecule has 1 N–H and O–H groups in total. The SMILES string of the molecule is CCCCc1ccc(/C=C/CC(=O)O)cn1. The molecule has 0 spiro atoms. The highest BCUT2D eigenvalue weighted by Crippen LogP contribution is 2.06. The zero-order valence-corrected chi connectivity index (χ0v) is 9.52. The predicted molar refractivity (Wildman–Crippen MR) is 64.1 cm³/mol. The highest BCUT2D eigenvalue weighted by atomic mass is 16.4. The number of pyridine rings is 1. The van der Waals surface area contributed by atoms with Gasteiger partial charge in [0.1, 0.15) is 0 Å². The lowest BCUT2D eigenvalue weighted by molar-refractivity contribution is -0.135. The molecule has 16 heavy (non-hydrogen) atoms. The van der Waals surface area contributed by atoms with Crippen molar-refractivity contribution in [3.05, 3.63) is 35.7 Å². The van der Waals surface area contributed by atoms with Gasteiger partial charge in [0.05, 0.1) is 6.42 Å². The van der Waals surface area contributed by atoms with Gasteiger partial charge < -0.3 is 5.11 Å². The molecule has 1 heterocycles. The molecule has 0 aliphatic heterocycles. The minimum Gasteiger partial charge on any atom is -0.481 e. The zero-order chi connectivity index (χ0) is 11.8. The van der Waals surface area contributed by atoms with Crippen molar-refractivity contribution in [2.75, 3.05) is 0 Å². The zero-order valence-electron chi connectivity index (χ0n) is 9.52. The molecule has 1 aromatic rings. The van der Waals surface area contributed by atoms with Crippen LogP contribution in [-0.2, 0) is 11.2 Å². The lowest BCUT2D eigenvalue weighted by atomic mass is 10.1. The van der Waals surface area contributed by atoms with Gasteiger partial charge in [-0.15, -0.1) is 0 Å². The highest BCUT2D eigenvalue weighted by Gasteiger charge is 1.94. The van der Waals surface area contributed by atoms with Gasteiger partial charge in [-0.2, -0.15) is 0 Å². The summed E-state index contributed by atoms with van der Waals surface area (Å²) < 4.78 is 0. The number of unbranched alkanes of at least 4 members (excludes halogenated alkanes) is 1. The molecule has 0 saturated carbocycles. The van der Waals surface area contributed by atoms with Gasteiger partial charge in [0.2, 0.25) is 0 Å². The number of aromatic nitrogens is 1. The standard InChI is InChI=1S/C13H17NO2/c1-2-3-6-12-9-8-11(10-14-12)5-4-7-13(15)16/h4-5,8-10H,2-3,6-7H2,1H3,(H,15,16)/b5-4+. The van der Waals surface area contributed by atoms with E-state index in [1.165, 1.54) is 6.42 Å². The van der Waals surface area contributed by atoms with E-state index in [-0.39, 0.29) is 6.42 Å². The van der Waals surface area contributed by atoms with Crippen molar-refractivity contribution in [2.45, 2.75) is 32.6 Å². The molecule has 0 saturated heterocycles. The van der Waals surface area contributed by atoms with Crippen molar-refractivity contribution >= 4 is 12.0 Å². The molecule has 1 rings (SSSR count). The molecule has 0 aliphatic rings. The molecule has 3 heteroatoms. The first-order chi connectivity index (χ1) is 7.72. The fourth-order valence-corrected chi connectivity index (χ4v) is 1.34. The Morgan fingerprint density at radius 2 is 2.31 bits per heavy atom. The van der Waals surface area contributed by atoms with E-state index < -0.39 is 5.97 Å². The monoisotopic (exact) mass is 219 g/mol. The summed E-state index contributed by atoms with van der Waals surface area (Å²) >= 11 is 0. The van der Waals surface area contributed by atoms with E-state index in [1.54, 1.807) is 18.3 Å². The van der Waals surface area contributed by atoms with E-state index in [0.717, 1.165) is 24.1 Å². The first-order valence-electron chi connectivity index (χ1n) is 5.55. The third-order valence-corrected chi connectivity index (χ3v) is 2.24. The molecule has 0 bridgehead atoms. The van der Waals surface area contributed by atoms with Gasteiger partial charge >= 0.3 is 5.97 Å². The number of rotatable bonds is 6. The summed E-state index contributed by atoms with van der Waals surface area (Å²) in [5, 5.41) is 8.47. The average Bonchev–Trinajstić information content (AvgIpc) is 2.27. The van der Waals surface area contributed by atoms with Crippen LogP contribution in [0.1, 0.15) is 37.4 Å². The van der Waals surface area contributed by atoms with Crippen molar-refractivity contribution in [1.82, 2.24) is 4.98 Å². The molecule has 0 amide bonds. The minimum atomic E-state index is -0.816. The predicted octanol–water partition coefficient (Wildman–Crippen LogP) is 2.91. The molecule has 1 aromatic heterocycles. The van der Waals surface area contributed by atoms with Gasteiger partial charge in [0.25, 0.3) is 0 Å². The third kappa shape index (κ3) is 4.73. The van der Waals surface area contributed by atoms with Crippen molar-refractivity contribution in [3.8, 4) is 0 Å². The maximum absolute atomic E-state index is 10.3. The van der Waals surface area contributed by atoms with Crippen molar-refractivity contribution in [1.29, 1.82) is 0 Å². The number of nitrogens with zero attached hydrogens (tertiary/aromatic N) is 1.